The van der Waals surface area contributed by atoms with Crippen LogP contribution in [0.25, 0.3) is 0 Å². The van der Waals surface area contributed by atoms with E-state index in [0.717, 1.165) is 24.2 Å². The quantitative estimate of drug-likeness (QED) is 0.372. The number of hydrogen-bond donors (Lipinski definition) is 2. The van der Waals surface area contributed by atoms with E-state index in [1.165, 1.54) is 0 Å². The molecule has 0 aromatic heterocycles. The number of nitrogens with two attached hydrogens (primary N) is 1. The molecule has 1 aromatic carbocycles. The second kappa shape index (κ2) is 5.87. The van der Waals surface area contributed by atoms with Crippen molar-refractivity contribution >= 4 is 5.84 Å². The van der Waals surface area contributed by atoms with Crippen LogP contribution < -0.4 is 5.73 Å². The van der Waals surface area contributed by atoms with Gasteiger partial charge in [0.2, 0.25) is 0 Å². The Bertz CT molecular complexity index is 421. The van der Waals surface area contributed by atoms with Crippen molar-refractivity contribution in [3.63, 3.8) is 0 Å². The third kappa shape index (κ3) is 4.75. The van der Waals surface area contributed by atoms with Gasteiger partial charge in [-0.15, -0.1) is 0 Å². The Morgan fingerprint density at radius 3 is 2.61 bits per heavy atom. The van der Waals surface area contributed by atoms with Gasteiger partial charge < -0.3 is 15.8 Å². The summed E-state index contributed by atoms with van der Waals surface area (Å²) in [6.45, 7) is 8.52. The van der Waals surface area contributed by atoms with Crippen LogP contribution in [0.4, 0.5) is 0 Å². The molecule has 0 fully saturated rings. The second-order valence-electron chi connectivity index (χ2n) is 5.92. The Morgan fingerprint density at radius 2 is 2.06 bits per heavy atom. The number of oxime groups is 1. The molecular weight excluding hydrogens is 226 g/mol. The summed E-state index contributed by atoms with van der Waals surface area (Å²) in [7, 11) is 2.10. The van der Waals surface area contributed by atoms with Crippen LogP contribution in [-0.2, 0) is 6.54 Å². The average molecular weight is 249 g/mol. The predicted octanol–water partition coefficient (Wildman–Crippen LogP) is 2.26. The Hall–Kier alpha value is -1.55. The van der Waals surface area contributed by atoms with Gasteiger partial charge in [-0.3, -0.25) is 0 Å². The van der Waals surface area contributed by atoms with E-state index in [1.807, 2.05) is 24.3 Å². The number of benzene rings is 1. The molecule has 1 aromatic rings. The normalized spacial score (nSPS) is 13.1. The molecule has 0 aliphatic rings. The fourth-order valence-corrected chi connectivity index (χ4v) is 2.06. The first-order chi connectivity index (χ1) is 8.31. The summed E-state index contributed by atoms with van der Waals surface area (Å²) in [4.78, 5) is 2.27. The molecule has 100 valence electrons. The van der Waals surface area contributed by atoms with E-state index in [-0.39, 0.29) is 11.3 Å². The molecule has 18 heavy (non-hydrogen) atoms. The van der Waals surface area contributed by atoms with Gasteiger partial charge in [-0.05, 0) is 24.1 Å². The van der Waals surface area contributed by atoms with E-state index in [9.17, 15) is 0 Å². The zero-order valence-corrected chi connectivity index (χ0v) is 11.6. The molecule has 4 nitrogen and oxygen atoms in total. The van der Waals surface area contributed by atoms with Crippen molar-refractivity contribution in [1.29, 1.82) is 0 Å². The van der Waals surface area contributed by atoms with Crippen molar-refractivity contribution in [3.8, 4) is 0 Å². The smallest absolute Gasteiger partial charge is 0.170 e. The van der Waals surface area contributed by atoms with Gasteiger partial charge in [0.1, 0.15) is 0 Å². The van der Waals surface area contributed by atoms with Crippen molar-refractivity contribution in [2.24, 2.45) is 16.3 Å². The molecule has 0 atom stereocenters. The zero-order chi connectivity index (χ0) is 13.8. The maximum absolute atomic E-state index is 8.67. The number of amidine groups is 1. The minimum atomic E-state index is 0.148. The first kappa shape index (κ1) is 14.5. The minimum Gasteiger partial charge on any atom is -0.409 e. The van der Waals surface area contributed by atoms with Crippen LogP contribution in [0.5, 0.6) is 0 Å². The maximum Gasteiger partial charge on any atom is 0.170 e. The van der Waals surface area contributed by atoms with E-state index in [2.05, 4.69) is 37.9 Å². The SMILES string of the molecule is CN(Cc1cccc(C(N)=NO)c1)CC(C)(C)C. The van der Waals surface area contributed by atoms with Crippen molar-refractivity contribution in [2.45, 2.75) is 27.3 Å². The summed E-state index contributed by atoms with van der Waals surface area (Å²) in [6.07, 6.45) is 0. The Kier molecular flexibility index (Phi) is 4.73. The summed E-state index contributed by atoms with van der Waals surface area (Å²) in [5, 5.41) is 11.7. The summed E-state index contributed by atoms with van der Waals surface area (Å²) in [5.74, 6) is 0.148. The largest absolute Gasteiger partial charge is 0.409 e. The van der Waals surface area contributed by atoms with Gasteiger partial charge in [0.05, 0.1) is 0 Å². The maximum atomic E-state index is 8.67. The fourth-order valence-electron chi connectivity index (χ4n) is 2.06. The van der Waals surface area contributed by atoms with E-state index in [0.29, 0.717) is 0 Å². The lowest BCUT2D eigenvalue weighted by Gasteiger charge is -2.26. The molecule has 0 spiro atoms. The van der Waals surface area contributed by atoms with Crippen LogP contribution >= 0.6 is 0 Å². The first-order valence-corrected chi connectivity index (χ1v) is 6.07. The Balaban J connectivity index is 2.74. The predicted molar refractivity (Wildman–Crippen MR) is 74.7 cm³/mol. The lowest BCUT2D eigenvalue weighted by Crippen LogP contribution is -2.29. The number of rotatable bonds is 4. The second-order valence-corrected chi connectivity index (χ2v) is 5.92. The number of nitrogens with zero attached hydrogens (tertiary/aromatic N) is 2. The molecule has 0 radical (unpaired) electrons. The Labute approximate surface area is 109 Å². The molecule has 0 bridgehead atoms. The molecule has 0 saturated heterocycles. The lowest BCUT2D eigenvalue weighted by molar-refractivity contribution is 0.221. The third-order valence-electron chi connectivity index (χ3n) is 2.53. The first-order valence-electron chi connectivity index (χ1n) is 6.07. The van der Waals surface area contributed by atoms with E-state index < -0.39 is 0 Å². The molecule has 3 N–H and O–H groups in total. The highest BCUT2D eigenvalue weighted by atomic mass is 16.4. The van der Waals surface area contributed by atoms with E-state index >= 15 is 0 Å². The van der Waals surface area contributed by atoms with Gasteiger partial charge in [0.25, 0.3) is 0 Å². The van der Waals surface area contributed by atoms with E-state index in [1.54, 1.807) is 0 Å². The molecule has 0 aliphatic carbocycles. The van der Waals surface area contributed by atoms with Gasteiger partial charge in [-0.2, -0.15) is 0 Å². The van der Waals surface area contributed by atoms with Crippen LogP contribution in [0.1, 0.15) is 31.9 Å². The molecule has 4 heteroatoms. The summed E-state index contributed by atoms with van der Waals surface area (Å²) in [5.41, 5.74) is 7.77. The van der Waals surface area contributed by atoms with Crippen molar-refractivity contribution in [3.05, 3.63) is 35.4 Å². The molecule has 0 unspecified atom stereocenters. The molecule has 0 heterocycles. The van der Waals surface area contributed by atoms with Crippen molar-refractivity contribution in [1.82, 2.24) is 4.90 Å². The van der Waals surface area contributed by atoms with Gasteiger partial charge >= 0.3 is 0 Å². The van der Waals surface area contributed by atoms with Crippen LogP contribution in [0.3, 0.4) is 0 Å². The van der Waals surface area contributed by atoms with Crippen molar-refractivity contribution in [2.75, 3.05) is 13.6 Å². The highest BCUT2D eigenvalue weighted by Gasteiger charge is 2.13. The van der Waals surface area contributed by atoms with E-state index in [4.69, 9.17) is 10.9 Å². The van der Waals surface area contributed by atoms with Crippen LogP contribution in [0.15, 0.2) is 29.4 Å². The topological polar surface area (TPSA) is 61.8 Å². The van der Waals surface area contributed by atoms with Gasteiger partial charge in [0.15, 0.2) is 5.84 Å². The average Bonchev–Trinajstić information content (AvgIpc) is 2.25. The molecule has 0 aliphatic heterocycles. The summed E-state index contributed by atoms with van der Waals surface area (Å²) < 4.78 is 0. The number of hydrogen-bond acceptors (Lipinski definition) is 3. The van der Waals surface area contributed by atoms with Crippen molar-refractivity contribution < 1.29 is 5.21 Å². The molecule has 0 saturated carbocycles. The standard InChI is InChI=1S/C14H23N3O/c1-14(2,3)10-17(4)9-11-6-5-7-12(8-11)13(15)16-18/h5-8,18H,9-10H2,1-4H3,(H2,15,16). The van der Waals surface area contributed by atoms with Gasteiger partial charge in [-0.1, -0.05) is 44.1 Å². The monoisotopic (exact) mass is 249 g/mol. The molecule has 0 amide bonds. The molecule has 1 rings (SSSR count). The highest BCUT2D eigenvalue weighted by molar-refractivity contribution is 5.97. The highest BCUT2D eigenvalue weighted by Crippen LogP contribution is 2.16. The van der Waals surface area contributed by atoms with Gasteiger partial charge in [0, 0.05) is 18.7 Å². The summed E-state index contributed by atoms with van der Waals surface area (Å²) in [6, 6.07) is 7.76. The third-order valence-corrected chi connectivity index (χ3v) is 2.53. The van der Waals surface area contributed by atoms with Gasteiger partial charge in [-0.25, -0.2) is 0 Å². The fraction of sp³-hybridized carbons (Fsp3) is 0.500. The zero-order valence-electron chi connectivity index (χ0n) is 11.6. The minimum absolute atomic E-state index is 0.148. The van der Waals surface area contributed by atoms with Crippen LogP contribution in [0.2, 0.25) is 0 Å². The molecular formula is C14H23N3O. The lowest BCUT2D eigenvalue weighted by atomic mass is 9.96. The summed E-state index contributed by atoms with van der Waals surface area (Å²) >= 11 is 0. The van der Waals surface area contributed by atoms with Crippen LogP contribution in [0, 0.1) is 5.41 Å². The van der Waals surface area contributed by atoms with Crippen LogP contribution in [-0.4, -0.2) is 29.5 Å². The Morgan fingerprint density at radius 1 is 1.39 bits per heavy atom.